The number of rotatable bonds is 8. The van der Waals surface area contributed by atoms with Crippen LogP contribution in [0.3, 0.4) is 0 Å². The molecule has 9 nitrogen and oxygen atoms in total. The fourth-order valence-electron chi connectivity index (χ4n) is 5.45. The molecule has 0 bridgehead atoms. The lowest BCUT2D eigenvalue weighted by Gasteiger charge is -2.44. The number of hydrogen-bond acceptors (Lipinski definition) is 7. The molecule has 1 aliphatic heterocycles. The van der Waals surface area contributed by atoms with Crippen molar-refractivity contribution in [3.63, 3.8) is 0 Å². The monoisotopic (exact) mass is 513 g/mol. The van der Waals surface area contributed by atoms with Crippen molar-refractivity contribution in [2.24, 2.45) is 12.8 Å². The van der Waals surface area contributed by atoms with Crippen molar-refractivity contribution in [3.05, 3.63) is 78.4 Å². The third-order valence-corrected chi connectivity index (χ3v) is 7.82. The van der Waals surface area contributed by atoms with Gasteiger partial charge in [-0.3, -0.25) is 9.69 Å². The maximum atomic E-state index is 11.9. The van der Waals surface area contributed by atoms with E-state index in [1.165, 1.54) is 0 Å². The summed E-state index contributed by atoms with van der Waals surface area (Å²) in [5.41, 5.74) is 9.51. The lowest BCUT2D eigenvalue weighted by atomic mass is 9.90. The number of hydrogen-bond donors (Lipinski definition) is 2. The summed E-state index contributed by atoms with van der Waals surface area (Å²) in [5, 5.41) is 4.66. The number of likely N-dealkylation sites (tertiary alicyclic amines) is 1. The first-order chi connectivity index (χ1) is 18.2. The largest absolute Gasteiger partial charge is 0.366 e. The molecule has 3 aromatic rings. The summed E-state index contributed by atoms with van der Waals surface area (Å²) in [4.78, 5) is 25.6. The Hall–Kier alpha value is -3.79. The van der Waals surface area contributed by atoms with Gasteiger partial charge in [0.15, 0.2) is 5.72 Å². The van der Waals surface area contributed by atoms with Crippen LogP contribution in [0.4, 0.5) is 5.82 Å². The minimum absolute atomic E-state index is 0.265. The van der Waals surface area contributed by atoms with Crippen LogP contribution < -0.4 is 11.1 Å². The quantitative estimate of drug-likeness (QED) is 0.446. The lowest BCUT2D eigenvalue weighted by molar-refractivity contribution is -0.114. The van der Waals surface area contributed by atoms with Crippen molar-refractivity contribution in [1.82, 2.24) is 24.3 Å². The molecule has 1 aliphatic carbocycles. The zero-order valence-corrected chi connectivity index (χ0v) is 22.4. The van der Waals surface area contributed by atoms with Crippen molar-refractivity contribution < 1.29 is 9.53 Å². The van der Waals surface area contributed by atoms with Gasteiger partial charge in [-0.1, -0.05) is 18.7 Å². The maximum Gasteiger partial charge on any atom is 0.248 e. The average molecular weight is 514 g/mol. The molecule has 3 heterocycles. The fourth-order valence-corrected chi connectivity index (χ4v) is 5.45. The second kappa shape index (κ2) is 10.2. The molecule has 5 rings (SSSR count). The van der Waals surface area contributed by atoms with Gasteiger partial charge < -0.3 is 25.3 Å². The lowest BCUT2D eigenvalue weighted by Crippen LogP contribution is -2.54. The molecule has 1 amide bonds. The number of fused-ring (bicyclic) bond motifs is 1. The van der Waals surface area contributed by atoms with Crippen LogP contribution in [-0.4, -0.2) is 76.3 Å². The Morgan fingerprint density at radius 3 is 2.79 bits per heavy atom. The molecule has 0 spiro atoms. The zero-order valence-electron chi connectivity index (χ0n) is 22.4. The highest BCUT2D eigenvalue weighted by Gasteiger charge is 2.45. The zero-order chi connectivity index (χ0) is 27.0. The van der Waals surface area contributed by atoms with E-state index in [1.54, 1.807) is 13.4 Å². The fraction of sp³-hybridized carbons (Fsp3) is 0.345. The Morgan fingerprint density at radius 1 is 1.26 bits per heavy atom. The van der Waals surface area contributed by atoms with Crippen LogP contribution in [-0.2, 0) is 16.6 Å². The number of nitrogens with zero attached hydrogens (tertiary/aromatic N) is 5. The number of likely N-dealkylation sites (N-methyl/N-ethyl adjacent to an activating group) is 1. The minimum atomic E-state index is -0.750. The van der Waals surface area contributed by atoms with E-state index in [-0.39, 0.29) is 5.57 Å². The van der Waals surface area contributed by atoms with Crippen LogP contribution in [0.25, 0.3) is 22.2 Å². The Balaban J connectivity index is 1.50. The Bertz CT molecular complexity index is 1450. The molecule has 198 valence electrons. The van der Waals surface area contributed by atoms with E-state index in [2.05, 4.69) is 74.6 Å². The Morgan fingerprint density at radius 2 is 2.08 bits per heavy atom. The van der Waals surface area contributed by atoms with E-state index >= 15 is 0 Å². The number of nitrogens with two attached hydrogens (primary N) is 1. The van der Waals surface area contributed by atoms with Crippen molar-refractivity contribution in [1.29, 1.82) is 0 Å². The minimum Gasteiger partial charge on any atom is -0.366 e. The first-order valence-electron chi connectivity index (χ1n) is 12.7. The number of aromatic nitrogens is 3. The number of carbonyl (C=O) groups excluding carboxylic acids is 1. The molecule has 38 heavy (non-hydrogen) atoms. The van der Waals surface area contributed by atoms with Crippen molar-refractivity contribution in [3.8, 4) is 11.3 Å². The second-order valence-corrected chi connectivity index (χ2v) is 10.2. The van der Waals surface area contributed by atoms with Gasteiger partial charge in [0.1, 0.15) is 12.1 Å². The van der Waals surface area contributed by atoms with Gasteiger partial charge in [-0.2, -0.15) is 0 Å². The predicted octanol–water partition coefficient (Wildman–Crippen LogP) is 3.28. The summed E-state index contributed by atoms with van der Waals surface area (Å²) in [7, 11) is 7.97. The molecule has 2 unspecified atom stereocenters. The maximum absolute atomic E-state index is 11.9. The number of benzene rings is 1. The number of amides is 1. The highest BCUT2D eigenvalue weighted by atomic mass is 16.5. The van der Waals surface area contributed by atoms with Gasteiger partial charge in [0.05, 0.1) is 11.4 Å². The predicted molar refractivity (Wildman–Crippen MR) is 150 cm³/mol. The molecule has 0 saturated carbocycles. The summed E-state index contributed by atoms with van der Waals surface area (Å²) in [6.45, 7) is 5.63. The van der Waals surface area contributed by atoms with Crippen LogP contribution in [0.2, 0.25) is 0 Å². The molecule has 3 N–H and O–H groups in total. The molecule has 1 fully saturated rings. The van der Waals surface area contributed by atoms with Crippen LogP contribution in [0.5, 0.6) is 0 Å². The molecule has 2 aliphatic rings. The summed E-state index contributed by atoms with van der Waals surface area (Å²) in [5.74, 6) is 0.0800. The van der Waals surface area contributed by atoms with E-state index in [0.717, 1.165) is 47.4 Å². The molecule has 9 heteroatoms. The van der Waals surface area contributed by atoms with Crippen LogP contribution in [0, 0.1) is 0 Å². The van der Waals surface area contributed by atoms with Crippen molar-refractivity contribution in [2.75, 3.05) is 39.6 Å². The van der Waals surface area contributed by atoms with Crippen LogP contribution in [0.15, 0.2) is 78.4 Å². The third kappa shape index (κ3) is 4.64. The average Bonchev–Trinajstić information content (AvgIpc) is 3.56. The molecule has 0 radical (unpaired) electrons. The Kier molecular flexibility index (Phi) is 6.92. The number of methoxy groups -OCH3 is 1. The molecular formula is C29H35N7O2. The van der Waals surface area contributed by atoms with E-state index < -0.39 is 11.6 Å². The summed E-state index contributed by atoms with van der Waals surface area (Å²) < 4.78 is 8.36. The molecule has 1 saturated heterocycles. The summed E-state index contributed by atoms with van der Waals surface area (Å²) in [6, 6.07) is 10.7. The number of aryl methyl sites for hydroxylation is 1. The first-order valence-corrected chi connectivity index (χ1v) is 12.7. The highest BCUT2D eigenvalue weighted by molar-refractivity contribution is 5.97. The first kappa shape index (κ1) is 25.8. The van der Waals surface area contributed by atoms with Gasteiger partial charge in [-0.25, -0.2) is 9.97 Å². The van der Waals surface area contributed by atoms with Gasteiger partial charge in [0, 0.05) is 74.0 Å². The number of allylic oxidation sites excluding steroid dienone is 1. The van der Waals surface area contributed by atoms with Gasteiger partial charge >= 0.3 is 0 Å². The van der Waals surface area contributed by atoms with Crippen LogP contribution >= 0.6 is 0 Å². The number of carbonyl (C=O) groups is 1. The second-order valence-electron chi connectivity index (χ2n) is 10.2. The third-order valence-electron chi connectivity index (χ3n) is 7.82. The van der Waals surface area contributed by atoms with Crippen molar-refractivity contribution in [2.45, 2.75) is 24.6 Å². The van der Waals surface area contributed by atoms with Crippen molar-refractivity contribution >= 4 is 22.6 Å². The molecular weight excluding hydrogens is 478 g/mol. The Labute approximate surface area is 223 Å². The number of nitrogens with one attached hydrogen (secondary N) is 1. The van der Waals surface area contributed by atoms with Gasteiger partial charge in [-0.15, -0.1) is 0 Å². The molecule has 2 aromatic heterocycles. The summed E-state index contributed by atoms with van der Waals surface area (Å²) in [6.07, 6.45) is 9.06. The normalized spacial score (nSPS) is 22.0. The van der Waals surface area contributed by atoms with E-state index in [9.17, 15) is 4.79 Å². The number of ether oxygens (including phenoxy) is 1. The van der Waals surface area contributed by atoms with E-state index in [0.29, 0.717) is 23.9 Å². The standard InChI is InChI=1S/C29H35N7O2/c1-19(28(30)37)20-8-11-29(38-5,36-13-10-23(17-36)34(2)3)26(15-20)33-27-16-24(31-18-32-27)21-6-7-25-22(14-21)9-12-35(25)4/h6-9,12,14-16,18,23H,1,10-11,13,17H2,2-5H3,(H2,30,37)(H,31,32,33). The van der Waals surface area contributed by atoms with E-state index in [1.807, 2.05) is 31.5 Å². The number of anilines is 1. The highest BCUT2D eigenvalue weighted by Crippen LogP contribution is 2.39. The smallest absolute Gasteiger partial charge is 0.248 e. The van der Waals surface area contributed by atoms with Gasteiger partial charge in [0.25, 0.3) is 0 Å². The van der Waals surface area contributed by atoms with Gasteiger partial charge in [-0.05, 0) is 50.4 Å². The van der Waals surface area contributed by atoms with Gasteiger partial charge in [0.2, 0.25) is 5.91 Å². The molecule has 1 aromatic carbocycles. The summed E-state index contributed by atoms with van der Waals surface area (Å²) >= 11 is 0. The SMILES string of the molecule is C=C(C(N)=O)C1=CCC(OC)(N2CCC(N(C)C)C2)C(Nc2cc(-c3ccc4c(ccn4C)c3)ncn2)=C1. The van der Waals surface area contributed by atoms with E-state index in [4.69, 9.17) is 10.5 Å². The van der Waals surface area contributed by atoms with Crippen LogP contribution in [0.1, 0.15) is 12.8 Å². The number of primary amides is 1. The molecule has 2 atom stereocenters. The topological polar surface area (TPSA) is 102 Å².